The molecule has 3 nitrogen and oxygen atoms in total. The van der Waals surface area contributed by atoms with Crippen molar-refractivity contribution in [3.05, 3.63) is 169 Å². The monoisotopic (exact) mass is 590 g/mol. The van der Waals surface area contributed by atoms with Crippen molar-refractivity contribution in [2.24, 2.45) is 0 Å². The fourth-order valence-corrected chi connectivity index (χ4v) is 6.92. The van der Waals surface area contributed by atoms with E-state index in [0.717, 1.165) is 39.3 Å². The topological polar surface area (TPSA) is 27.1 Å². The number of ether oxygens (including phenoxy) is 1. The zero-order valence-electron chi connectivity index (χ0n) is 25.2. The molecular formula is C43H30N2O. The van der Waals surface area contributed by atoms with Gasteiger partial charge in [0.15, 0.2) is 0 Å². The van der Waals surface area contributed by atoms with Crippen LogP contribution >= 0.6 is 0 Å². The molecule has 2 aromatic heterocycles. The van der Waals surface area contributed by atoms with E-state index in [9.17, 15) is 0 Å². The molecule has 0 amide bonds. The molecule has 6 aromatic carbocycles. The van der Waals surface area contributed by atoms with Crippen LogP contribution < -0.4 is 0 Å². The van der Waals surface area contributed by atoms with Gasteiger partial charge in [0.05, 0.1) is 35.6 Å². The predicted molar refractivity (Wildman–Crippen MR) is 189 cm³/mol. The molecule has 0 saturated heterocycles. The van der Waals surface area contributed by atoms with Gasteiger partial charge in [-0.3, -0.25) is 0 Å². The summed E-state index contributed by atoms with van der Waals surface area (Å²) in [6, 6.07) is 56.2. The van der Waals surface area contributed by atoms with Gasteiger partial charge in [-0.15, -0.1) is 0 Å². The number of benzene rings is 6. The lowest BCUT2D eigenvalue weighted by molar-refractivity contribution is 0.110. The maximum absolute atomic E-state index is 6.27. The highest BCUT2D eigenvalue weighted by Gasteiger charge is 2.19. The molecule has 0 spiro atoms. The van der Waals surface area contributed by atoms with Gasteiger partial charge in [0, 0.05) is 27.6 Å². The van der Waals surface area contributed by atoms with Gasteiger partial charge < -0.3 is 9.30 Å². The maximum atomic E-state index is 6.27. The lowest BCUT2D eigenvalue weighted by Gasteiger charge is -2.15. The number of hydrogen-bond donors (Lipinski definition) is 0. The summed E-state index contributed by atoms with van der Waals surface area (Å²) in [5.74, 6) is 0. The average Bonchev–Trinajstić information content (AvgIpc) is 3.35. The van der Waals surface area contributed by atoms with E-state index in [1.807, 2.05) is 12.1 Å². The third-order valence-corrected chi connectivity index (χ3v) is 9.14. The van der Waals surface area contributed by atoms with E-state index in [1.54, 1.807) is 0 Å². The highest BCUT2D eigenvalue weighted by molar-refractivity contribution is 6.09. The van der Waals surface area contributed by atoms with Crippen LogP contribution in [-0.4, -0.2) is 9.55 Å². The van der Waals surface area contributed by atoms with Crippen molar-refractivity contribution in [1.82, 2.24) is 9.55 Å². The Kier molecular flexibility index (Phi) is 6.36. The molecule has 218 valence electrons. The molecule has 0 aliphatic carbocycles. The lowest BCUT2D eigenvalue weighted by atomic mass is 9.92. The van der Waals surface area contributed by atoms with Crippen molar-refractivity contribution in [2.75, 3.05) is 0 Å². The Morgan fingerprint density at radius 1 is 0.435 bits per heavy atom. The summed E-state index contributed by atoms with van der Waals surface area (Å²) in [6.45, 7) is 1.14. The summed E-state index contributed by atoms with van der Waals surface area (Å²) in [4.78, 5) is 5.09. The minimum absolute atomic E-state index is 0.565. The molecule has 8 aromatic rings. The van der Waals surface area contributed by atoms with Gasteiger partial charge in [0.2, 0.25) is 0 Å². The third kappa shape index (κ3) is 4.52. The lowest BCUT2D eigenvalue weighted by Crippen LogP contribution is -1.97. The first-order valence-corrected chi connectivity index (χ1v) is 15.8. The SMILES string of the molecule is c1ccc(-c2cc(-c3ccc4c(c3)-c3ccc(-n5c6ccccc6c6ccccc65)cc3COC4)cc(-c3ccccc3)n2)cc1. The smallest absolute Gasteiger partial charge is 0.0728 e. The zero-order chi connectivity index (χ0) is 30.5. The van der Waals surface area contributed by atoms with E-state index >= 15 is 0 Å². The van der Waals surface area contributed by atoms with Gasteiger partial charge in [-0.05, 0) is 75.8 Å². The number of rotatable bonds is 4. The molecule has 0 unspecified atom stereocenters. The Balaban J connectivity index is 1.19. The normalized spacial score (nSPS) is 12.5. The second-order valence-electron chi connectivity index (χ2n) is 11.9. The molecule has 3 heteroatoms. The summed E-state index contributed by atoms with van der Waals surface area (Å²) in [5.41, 5.74) is 14.8. The Bertz CT molecular complexity index is 2280. The number of pyridine rings is 1. The number of nitrogens with zero attached hydrogens (tertiary/aromatic N) is 2. The average molecular weight is 591 g/mol. The van der Waals surface area contributed by atoms with E-state index in [0.29, 0.717) is 13.2 Å². The molecule has 3 heterocycles. The second-order valence-corrected chi connectivity index (χ2v) is 11.9. The fraction of sp³-hybridized carbons (Fsp3) is 0.0465. The van der Waals surface area contributed by atoms with Crippen LogP contribution in [0.5, 0.6) is 0 Å². The maximum Gasteiger partial charge on any atom is 0.0728 e. The Hall–Kier alpha value is -5.77. The third-order valence-electron chi connectivity index (χ3n) is 9.14. The van der Waals surface area contributed by atoms with Gasteiger partial charge in [-0.2, -0.15) is 0 Å². The largest absolute Gasteiger partial charge is 0.372 e. The van der Waals surface area contributed by atoms with Crippen molar-refractivity contribution in [3.63, 3.8) is 0 Å². The molecular weight excluding hydrogens is 560 g/mol. The molecule has 0 saturated carbocycles. The summed E-state index contributed by atoms with van der Waals surface area (Å²) in [7, 11) is 0. The van der Waals surface area contributed by atoms with E-state index in [1.165, 1.54) is 44.1 Å². The van der Waals surface area contributed by atoms with Crippen molar-refractivity contribution in [1.29, 1.82) is 0 Å². The first-order valence-electron chi connectivity index (χ1n) is 15.8. The number of aromatic nitrogens is 2. The Morgan fingerprint density at radius 3 is 1.67 bits per heavy atom. The molecule has 9 rings (SSSR count). The van der Waals surface area contributed by atoms with Crippen LogP contribution in [0.4, 0.5) is 0 Å². The fourth-order valence-electron chi connectivity index (χ4n) is 6.92. The summed E-state index contributed by atoms with van der Waals surface area (Å²) in [5, 5.41) is 2.53. The highest BCUT2D eigenvalue weighted by Crippen LogP contribution is 2.39. The van der Waals surface area contributed by atoms with E-state index < -0.39 is 0 Å². The van der Waals surface area contributed by atoms with Gasteiger partial charge in [-0.1, -0.05) is 115 Å². The Morgan fingerprint density at radius 2 is 1.02 bits per heavy atom. The standard InChI is InChI=1S/C43H30N2O/c1-3-11-29(12-4-1)40-25-33(26-41(44-40)30-13-5-2-6-14-30)31-19-20-32-27-46-28-34-23-35(21-22-36(34)39(32)24-31)45-42-17-9-7-15-37(42)38-16-8-10-18-43(38)45/h1-26H,27-28H2. The highest BCUT2D eigenvalue weighted by atomic mass is 16.5. The molecule has 0 N–H and O–H groups in total. The predicted octanol–water partition coefficient (Wildman–Crippen LogP) is 10.9. The summed E-state index contributed by atoms with van der Waals surface area (Å²) >= 11 is 0. The van der Waals surface area contributed by atoms with E-state index in [2.05, 4.69) is 150 Å². The molecule has 1 aliphatic heterocycles. The van der Waals surface area contributed by atoms with E-state index in [4.69, 9.17) is 9.72 Å². The van der Waals surface area contributed by atoms with Crippen molar-refractivity contribution in [2.45, 2.75) is 13.2 Å². The van der Waals surface area contributed by atoms with Crippen LogP contribution in [-0.2, 0) is 18.0 Å². The van der Waals surface area contributed by atoms with Crippen LogP contribution in [0.25, 0.3) is 72.3 Å². The van der Waals surface area contributed by atoms with Gasteiger partial charge >= 0.3 is 0 Å². The summed E-state index contributed by atoms with van der Waals surface area (Å²) < 4.78 is 8.65. The first kappa shape index (κ1) is 26.6. The van der Waals surface area contributed by atoms with Crippen LogP contribution in [0.15, 0.2) is 158 Å². The van der Waals surface area contributed by atoms with Crippen LogP contribution in [0.2, 0.25) is 0 Å². The summed E-state index contributed by atoms with van der Waals surface area (Å²) in [6.07, 6.45) is 0. The van der Waals surface area contributed by atoms with Gasteiger partial charge in [-0.25, -0.2) is 4.98 Å². The first-order chi connectivity index (χ1) is 22.8. The Labute approximate surface area is 268 Å². The number of hydrogen-bond acceptors (Lipinski definition) is 2. The molecule has 0 radical (unpaired) electrons. The quantitative estimate of drug-likeness (QED) is 0.204. The van der Waals surface area contributed by atoms with Gasteiger partial charge in [0.25, 0.3) is 0 Å². The van der Waals surface area contributed by atoms with Crippen molar-refractivity contribution >= 4 is 21.8 Å². The van der Waals surface area contributed by atoms with Crippen LogP contribution in [0, 0.1) is 0 Å². The van der Waals surface area contributed by atoms with Crippen molar-refractivity contribution in [3.8, 4) is 50.5 Å². The minimum atomic E-state index is 0.565. The van der Waals surface area contributed by atoms with E-state index in [-0.39, 0.29) is 0 Å². The minimum Gasteiger partial charge on any atom is -0.372 e. The number of fused-ring (bicyclic) bond motifs is 6. The second kappa shape index (κ2) is 11.0. The molecule has 46 heavy (non-hydrogen) atoms. The van der Waals surface area contributed by atoms with Gasteiger partial charge in [0.1, 0.15) is 0 Å². The van der Waals surface area contributed by atoms with Crippen LogP contribution in [0.3, 0.4) is 0 Å². The number of para-hydroxylation sites is 2. The van der Waals surface area contributed by atoms with Crippen molar-refractivity contribution < 1.29 is 4.74 Å². The molecule has 0 fully saturated rings. The molecule has 1 aliphatic rings. The van der Waals surface area contributed by atoms with Crippen LogP contribution in [0.1, 0.15) is 11.1 Å². The zero-order valence-corrected chi connectivity index (χ0v) is 25.2. The molecule has 0 bridgehead atoms. The molecule has 0 atom stereocenters.